The molecule has 0 aliphatic carbocycles. The van der Waals surface area contributed by atoms with E-state index >= 15 is 0 Å². The molecule has 164 valence electrons. The van der Waals surface area contributed by atoms with Crippen molar-refractivity contribution in [1.29, 1.82) is 0 Å². The van der Waals surface area contributed by atoms with Crippen molar-refractivity contribution in [2.24, 2.45) is 0 Å². The molecule has 1 heterocycles. The fourth-order valence-electron chi connectivity index (χ4n) is 3.58. The third kappa shape index (κ3) is 4.90. The van der Waals surface area contributed by atoms with Gasteiger partial charge in [-0.25, -0.2) is 0 Å². The number of hydrogen-bond acceptors (Lipinski definition) is 6. The molecule has 1 saturated heterocycles. The van der Waals surface area contributed by atoms with Crippen LogP contribution in [0.4, 0.5) is 5.69 Å². The van der Waals surface area contributed by atoms with Crippen LogP contribution in [0.2, 0.25) is 5.02 Å². The minimum atomic E-state index is -0.726. The number of nitrogens with zero attached hydrogens (tertiary/aromatic N) is 2. The van der Waals surface area contributed by atoms with Gasteiger partial charge in [-0.05, 0) is 42.0 Å². The minimum Gasteiger partial charge on any atom is -0.507 e. The van der Waals surface area contributed by atoms with E-state index in [1.165, 1.54) is 4.90 Å². The highest BCUT2D eigenvalue weighted by molar-refractivity contribution is 6.46. The van der Waals surface area contributed by atoms with E-state index in [1.54, 1.807) is 24.3 Å². The van der Waals surface area contributed by atoms with E-state index < -0.39 is 17.7 Å². The Morgan fingerprint density at radius 3 is 2.29 bits per heavy atom. The van der Waals surface area contributed by atoms with Crippen LogP contribution in [0, 0.1) is 0 Å². The number of likely N-dealkylation sites (tertiary alicyclic amines) is 1. The molecule has 1 fully saturated rings. The first-order chi connectivity index (χ1) is 14.8. The smallest absolute Gasteiger partial charge is 0.295 e. The van der Waals surface area contributed by atoms with Gasteiger partial charge in [-0.1, -0.05) is 23.7 Å². The molecule has 1 atom stereocenters. The summed E-state index contributed by atoms with van der Waals surface area (Å²) in [5.41, 5.74) is 2.16. The second-order valence-corrected chi connectivity index (χ2v) is 7.90. The number of aliphatic hydroxyl groups excluding tert-OH is 2. The van der Waals surface area contributed by atoms with Gasteiger partial charge >= 0.3 is 0 Å². The highest BCUT2D eigenvalue weighted by atomic mass is 35.5. The monoisotopic (exact) mass is 443 g/mol. The van der Waals surface area contributed by atoms with Crippen LogP contribution in [0.15, 0.2) is 54.1 Å². The van der Waals surface area contributed by atoms with E-state index in [0.717, 1.165) is 11.3 Å². The number of anilines is 1. The molecule has 1 amide bonds. The molecule has 31 heavy (non-hydrogen) atoms. The van der Waals surface area contributed by atoms with E-state index in [1.807, 2.05) is 43.3 Å². The number of halogens is 1. The van der Waals surface area contributed by atoms with Gasteiger partial charge in [0.05, 0.1) is 18.2 Å². The Kier molecular flexibility index (Phi) is 7.33. The molecule has 0 aromatic heterocycles. The fourth-order valence-corrected chi connectivity index (χ4v) is 3.70. The number of hydrogen-bond donors (Lipinski definition) is 3. The summed E-state index contributed by atoms with van der Waals surface area (Å²) in [6.45, 7) is 1.02. The van der Waals surface area contributed by atoms with Gasteiger partial charge < -0.3 is 25.3 Å². The summed E-state index contributed by atoms with van der Waals surface area (Å²) >= 11 is 5.94. The zero-order chi connectivity index (χ0) is 22.5. The molecular weight excluding hydrogens is 418 g/mol. The first-order valence-corrected chi connectivity index (χ1v) is 10.4. The van der Waals surface area contributed by atoms with Crippen LogP contribution in [-0.2, 0) is 9.59 Å². The Morgan fingerprint density at radius 1 is 1.06 bits per heavy atom. The number of amides is 1. The van der Waals surface area contributed by atoms with Crippen LogP contribution in [0.3, 0.4) is 0 Å². The molecule has 1 aliphatic heterocycles. The average molecular weight is 444 g/mol. The summed E-state index contributed by atoms with van der Waals surface area (Å²) in [6, 6.07) is 13.3. The maximum Gasteiger partial charge on any atom is 0.295 e. The summed E-state index contributed by atoms with van der Waals surface area (Å²) < 4.78 is 0. The number of ketones is 1. The molecule has 1 aliphatic rings. The van der Waals surface area contributed by atoms with E-state index in [-0.39, 0.29) is 24.5 Å². The van der Waals surface area contributed by atoms with Crippen molar-refractivity contribution in [2.75, 3.05) is 45.2 Å². The number of carbonyl (C=O) groups excluding carboxylic acids is 2. The van der Waals surface area contributed by atoms with Gasteiger partial charge in [0.1, 0.15) is 5.76 Å². The highest BCUT2D eigenvalue weighted by Crippen LogP contribution is 2.39. The summed E-state index contributed by atoms with van der Waals surface area (Å²) in [4.78, 5) is 29.2. The van der Waals surface area contributed by atoms with Crippen LogP contribution in [-0.4, -0.2) is 67.1 Å². The van der Waals surface area contributed by atoms with Crippen LogP contribution < -0.4 is 10.2 Å². The number of nitrogens with one attached hydrogen (secondary N) is 1. The molecule has 3 N–H and O–H groups in total. The van der Waals surface area contributed by atoms with Crippen molar-refractivity contribution in [3.05, 3.63) is 70.3 Å². The number of aliphatic hydroxyl groups is 2. The van der Waals surface area contributed by atoms with Gasteiger partial charge in [0.25, 0.3) is 11.7 Å². The lowest BCUT2D eigenvalue weighted by Gasteiger charge is -2.26. The molecule has 8 heteroatoms. The van der Waals surface area contributed by atoms with Gasteiger partial charge in [0.2, 0.25) is 0 Å². The summed E-state index contributed by atoms with van der Waals surface area (Å²) in [5, 5.41) is 23.5. The normalized spacial score (nSPS) is 17.9. The number of rotatable bonds is 8. The highest BCUT2D eigenvalue weighted by Gasteiger charge is 2.45. The van der Waals surface area contributed by atoms with E-state index in [9.17, 15) is 14.7 Å². The van der Waals surface area contributed by atoms with Gasteiger partial charge in [-0.2, -0.15) is 0 Å². The van der Waals surface area contributed by atoms with Crippen molar-refractivity contribution in [1.82, 2.24) is 10.2 Å². The molecule has 0 spiro atoms. The quantitative estimate of drug-likeness (QED) is 0.251. The topological polar surface area (TPSA) is 93.1 Å². The largest absolute Gasteiger partial charge is 0.507 e. The Bertz CT molecular complexity index is 971. The molecule has 0 saturated carbocycles. The molecule has 2 aromatic rings. The lowest BCUT2D eigenvalue weighted by molar-refractivity contribution is -0.139. The van der Waals surface area contributed by atoms with Crippen LogP contribution in [0.1, 0.15) is 17.2 Å². The molecule has 0 bridgehead atoms. The van der Waals surface area contributed by atoms with Crippen LogP contribution in [0.5, 0.6) is 0 Å². The van der Waals surface area contributed by atoms with Crippen molar-refractivity contribution < 1.29 is 19.8 Å². The molecule has 2 aromatic carbocycles. The first kappa shape index (κ1) is 22.8. The third-order valence-corrected chi connectivity index (χ3v) is 5.45. The molecule has 3 rings (SSSR count). The van der Waals surface area contributed by atoms with Crippen molar-refractivity contribution in [3.8, 4) is 0 Å². The molecule has 1 unspecified atom stereocenters. The molecule has 0 radical (unpaired) electrons. The SMILES string of the molecule is CN(C)c1ccc(C2/C(=C(/O)c3ccc(Cl)cc3)C(=O)C(=O)N2CCNCCO)cc1. The zero-order valence-corrected chi connectivity index (χ0v) is 18.3. The molecule has 7 nitrogen and oxygen atoms in total. The van der Waals surface area contributed by atoms with Gasteiger partial charge in [0, 0.05) is 50.0 Å². The van der Waals surface area contributed by atoms with Crippen molar-refractivity contribution in [2.45, 2.75) is 6.04 Å². The average Bonchev–Trinajstić information content (AvgIpc) is 3.01. The molecular formula is C23H26ClN3O4. The van der Waals surface area contributed by atoms with Crippen molar-refractivity contribution in [3.63, 3.8) is 0 Å². The lowest BCUT2D eigenvalue weighted by Crippen LogP contribution is -2.36. The zero-order valence-electron chi connectivity index (χ0n) is 17.5. The van der Waals surface area contributed by atoms with Gasteiger partial charge in [-0.3, -0.25) is 9.59 Å². The number of benzene rings is 2. The second kappa shape index (κ2) is 9.96. The van der Waals surface area contributed by atoms with Gasteiger partial charge in [0.15, 0.2) is 0 Å². The standard InChI is InChI=1S/C23H26ClN3O4/c1-26(2)18-9-5-15(6-10-18)20-19(21(29)16-3-7-17(24)8-4-16)22(30)23(31)27(20)13-11-25-12-14-28/h3-10,20,25,28-29H,11-14H2,1-2H3/b21-19-. The predicted octanol–water partition coefficient (Wildman–Crippen LogP) is 2.41. The Hall–Kier alpha value is -2.87. The number of Topliss-reactive ketones (excluding diaryl/α,β-unsaturated/α-hetero) is 1. The van der Waals surface area contributed by atoms with Crippen LogP contribution in [0.25, 0.3) is 5.76 Å². The first-order valence-electron chi connectivity index (χ1n) is 9.98. The Labute approximate surface area is 186 Å². The Balaban J connectivity index is 2.06. The summed E-state index contributed by atoms with van der Waals surface area (Å²) in [6.07, 6.45) is 0. The van der Waals surface area contributed by atoms with E-state index in [4.69, 9.17) is 16.7 Å². The maximum atomic E-state index is 12.9. The predicted molar refractivity (Wildman–Crippen MR) is 121 cm³/mol. The maximum absolute atomic E-state index is 12.9. The van der Waals surface area contributed by atoms with Crippen LogP contribution >= 0.6 is 11.6 Å². The summed E-state index contributed by atoms with van der Waals surface area (Å²) in [5.74, 6) is -1.62. The second-order valence-electron chi connectivity index (χ2n) is 7.46. The van der Waals surface area contributed by atoms with E-state index in [2.05, 4.69) is 5.32 Å². The fraction of sp³-hybridized carbons (Fsp3) is 0.304. The lowest BCUT2D eigenvalue weighted by atomic mass is 9.95. The number of carbonyl (C=O) groups is 2. The minimum absolute atomic E-state index is 0.0230. The van der Waals surface area contributed by atoms with Gasteiger partial charge in [-0.15, -0.1) is 0 Å². The van der Waals surface area contributed by atoms with E-state index in [0.29, 0.717) is 23.7 Å². The third-order valence-electron chi connectivity index (χ3n) is 5.20. The Morgan fingerprint density at radius 2 is 1.71 bits per heavy atom. The summed E-state index contributed by atoms with van der Waals surface area (Å²) in [7, 11) is 3.85. The van der Waals surface area contributed by atoms with Crippen molar-refractivity contribution >= 4 is 34.7 Å².